The molecule has 2 aromatic carbocycles. The van der Waals surface area contributed by atoms with Crippen LogP contribution < -0.4 is 9.62 Å². The highest BCUT2D eigenvalue weighted by molar-refractivity contribution is 7.92. The molecule has 6 heteroatoms. The van der Waals surface area contributed by atoms with Crippen LogP contribution in [0.3, 0.4) is 0 Å². The maximum Gasteiger partial charge on any atom is 0.251 e. The maximum absolute atomic E-state index is 12.2. The van der Waals surface area contributed by atoms with Gasteiger partial charge in [0.15, 0.2) is 0 Å². The Hall–Kier alpha value is -2.34. The van der Waals surface area contributed by atoms with E-state index in [9.17, 15) is 13.2 Å². The minimum absolute atomic E-state index is 0.137. The minimum Gasteiger partial charge on any atom is -0.352 e. The van der Waals surface area contributed by atoms with Gasteiger partial charge >= 0.3 is 0 Å². The Morgan fingerprint density at radius 2 is 1.65 bits per heavy atom. The minimum atomic E-state index is -3.44. The molecular weight excluding hydrogens is 348 g/mol. The molecule has 0 atom stereocenters. The molecule has 0 aromatic heterocycles. The van der Waals surface area contributed by atoms with Crippen molar-refractivity contribution in [2.24, 2.45) is 0 Å². The van der Waals surface area contributed by atoms with Crippen molar-refractivity contribution in [3.63, 3.8) is 0 Å². The number of hydrogen-bond acceptors (Lipinski definition) is 3. The number of carbonyl (C=O) groups excluding carboxylic acids is 1. The van der Waals surface area contributed by atoms with Crippen LogP contribution in [-0.4, -0.2) is 27.1 Å². The number of nitrogens with one attached hydrogen (secondary N) is 1. The molecule has 0 spiro atoms. The number of amides is 1. The molecule has 0 saturated carbocycles. The van der Waals surface area contributed by atoms with Gasteiger partial charge in [-0.2, -0.15) is 0 Å². The summed E-state index contributed by atoms with van der Waals surface area (Å²) in [4.78, 5) is 12.1. The lowest BCUT2D eigenvalue weighted by molar-refractivity contribution is 0.0953. The first-order chi connectivity index (χ1) is 12.4. The highest BCUT2D eigenvalue weighted by Gasteiger charge is 2.18. The molecule has 140 valence electrons. The lowest BCUT2D eigenvalue weighted by atomic mass is 10.1. The summed E-state index contributed by atoms with van der Waals surface area (Å²) in [5, 5.41) is 2.88. The fourth-order valence-electron chi connectivity index (χ4n) is 2.61. The quantitative estimate of drug-likeness (QED) is 0.682. The molecule has 0 radical (unpaired) electrons. The van der Waals surface area contributed by atoms with Crippen molar-refractivity contribution in [3.8, 4) is 0 Å². The van der Waals surface area contributed by atoms with Gasteiger partial charge in [0.1, 0.15) is 0 Å². The van der Waals surface area contributed by atoms with Crippen molar-refractivity contribution in [3.05, 3.63) is 65.7 Å². The number of rotatable bonds is 9. The number of nitrogens with zero attached hydrogens (tertiary/aromatic N) is 1. The van der Waals surface area contributed by atoms with E-state index >= 15 is 0 Å². The molecule has 0 saturated heterocycles. The molecule has 0 heterocycles. The first-order valence-electron chi connectivity index (χ1n) is 8.81. The summed E-state index contributed by atoms with van der Waals surface area (Å²) in [5.74, 6) is -0.137. The van der Waals surface area contributed by atoms with Crippen LogP contribution in [0.5, 0.6) is 0 Å². The lowest BCUT2D eigenvalue weighted by Gasteiger charge is -2.22. The van der Waals surface area contributed by atoms with Crippen LogP contribution in [-0.2, 0) is 16.6 Å². The third-order valence-electron chi connectivity index (χ3n) is 4.05. The molecule has 0 aliphatic rings. The van der Waals surface area contributed by atoms with E-state index in [0.717, 1.165) is 24.8 Å². The molecule has 2 aromatic rings. The van der Waals surface area contributed by atoms with Gasteiger partial charge in [-0.3, -0.25) is 9.10 Å². The van der Waals surface area contributed by atoms with E-state index in [4.69, 9.17) is 0 Å². The summed E-state index contributed by atoms with van der Waals surface area (Å²) < 4.78 is 25.7. The molecule has 1 N–H and O–H groups in total. The van der Waals surface area contributed by atoms with Gasteiger partial charge in [0.05, 0.1) is 18.5 Å². The summed E-state index contributed by atoms with van der Waals surface area (Å²) >= 11 is 0. The monoisotopic (exact) mass is 374 g/mol. The number of sulfonamides is 1. The normalized spacial score (nSPS) is 11.2. The summed E-state index contributed by atoms with van der Waals surface area (Å²) in [5.41, 5.74) is 1.97. The second kappa shape index (κ2) is 9.38. The first kappa shape index (κ1) is 20.0. The Morgan fingerprint density at radius 3 is 2.23 bits per heavy atom. The van der Waals surface area contributed by atoms with Gasteiger partial charge in [0.25, 0.3) is 5.91 Å². The van der Waals surface area contributed by atoms with Gasteiger partial charge in [0.2, 0.25) is 10.0 Å². The highest BCUT2D eigenvalue weighted by Crippen LogP contribution is 2.21. The lowest BCUT2D eigenvalue weighted by Crippen LogP contribution is -2.29. The molecule has 0 aliphatic heterocycles. The molecule has 5 nitrogen and oxygen atoms in total. The number of anilines is 1. The molecule has 0 aliphatic carbocycles. The van der Waals surface area contributed by atoms with Gasteiger partial charge in [-0.05, 0) is 36.2 Å². The van der Waals surface area contributed by atoms with Crippen LogP contribution in [0.15, 0.2) is 54.6 Å². The van der Waals surface area contributed by atoms with Gasteiger partial charge in [-0.15, -0.1) is 0 Å². The Bertz CT molecular complexity index is 803. The molecule has 0 fully saturated rings. The van der Waals surface area contributed by atoms with Gasteiger partial charge < -0.3 is 5.32 Å². The van der Waals surface area contributed by atoms with E-state index in [-0.39, 0.29) is 12.5 Å². The molecule has 0 unspecified atom stereocenters. The predicted octanol–water partition coefficient (Wildman–Crippen LogP) is 3.57. The Labute approximate surface area is 156 Å². The zero-order valence-electron chi connectivity index (χ0n) is 15.3. The van der Waals surface area contributed by atoms with Crippen LogP contribution in [0.25, 0.3) is 0 Å². The summed E-state index contributed by atoms with van der Waals surface area (Å²) in [6.45, 7) is 3.02. The van der Waals surface area contributed by atoms with Crippen molar-refractivity contribution in [1.82, 2.24) is 5.32 Å². The largest absolute Gasteiger partial charge is 0.352 e. The number of unbranched alkanes of at least 4 members (excludes halogenated alkanes) is 2. The second-order valence-corrected chi connectivity index (χ2v) is 8.17. The van der Waals surface area contributed by atoms with Gasteiger partial charge in [-0.1, -0.05) is 50.1 Å². The first-order valence-corrected chi connectivity index (χ1v) is 10.7. The zero-order chi connectivity index (χ0) is 19.0. The van der Waals surface area contributed by atoms with E-state index in [1.165, 1.54) is 10.6 Å². The number of benzene rings is 2. The Balaban J connectivity index is 2.11. The smallest absolute Gasteiger partial charge is 0.251 e. The van der Waals surface area contributed by atoms with Crippen LogP contribution >= 0.6 is 0 Å². The van der Waals surface area contributed by atoms with Crippen LogP contribution in [0, 0.1) is 0 Å². The van der Waals surface area contributed by atoms with Crippen molar-refractivity contribution < 1.29 is 13.2 Å². The summed E-state index contributed by atoms with van der Waals surface area (Å²) in [6.07, 6.45) is 4.33. The van der Waals surface area contributed by atoms with Crippen molar-refractivity contribution in [2.45, 2.75) is 32.7 Å². The third kappa shape index (κ3) is 5.88. The second-order valence-electron chi connectivity index (χ2n) is 6.27. The average Bonchev–Trinajstić information content (AvgIpc) is 2.63. The fourth-order valence-corrected chi connectivity index (χ4v) is 3.50. The predicted molar refractivity (Wildman–Crippen MR) is 106 cm³/mol. The van der Waals surface area contributed by atoms with Crippen molar-refractivity contribution >= 4 is 21.6 Å². The van der Waals surface area contributed by atoms with Gasteiger partial charge in [-0.25, -0.2) is 8.42 Å². The summed E-state index contributed by atoms with van der Waals surface area (Å²) in [6, 6.07) is 16.1. The maximum atomic E-state index is 12.2. The molecule has 2 rings (SSSR count). The Kier molecular flexibility index (Phi) is 7.21. The summed E-state index contributed by atoms with van der Waals surface area (Å²) in [7, 11) is -3.44. The topological polar surface area (TPSA) is 66.5 Å². The van der Waals surface area contributed by atoms with Gasteiger partial charge in [0, 0.05) is 12.1 Å². The van der Waals surface area contributed by atoms with Crippen LogP contribution in [0.2, 0.25) is 0 Å². The highest BCUT2D eigenvalue weighted by atomic mass is 32.2. The number of hydrogen-bond donors (Lipinski definition) is 1. The molecule has 1 amide bonds. The fraction of sp³-hybridized carbons (Fsp3) is 0.350. The average molecular weight is 375 g/mol. The zero-order valence-corrected chi connectivity index (χ0v) is 16.1. The molecular formula is C20H26N2O3S. The van der Waals surface area contributed by atoms with Crippen LogP contribution in [0.4, 0.5) is 5.69 Å². The Morgan fingerprint density at radius 1 is 1.00 bits per heavy atom. The van der Waals surface area contributed by atoms with E-state index in [0.29, 0.717) is 17.8 Å². The standard InChI is InChI=1S/C20H26N2O3S/c1-3-4-8-15-21-20(23)18-11-13-19(14-12-18)22(26(2,24)25)16-17-9-6-5-7-10-17/h5-7,9-14H,3-4,8,15-16H2,1-2H3,(H,21,23). The van der Waals surface area contributed by atoms with E-state index in [1.54, 1.807) is 24.3 Å². The van der Waals surface area contributed by atoms with E-state index < -0.39 is 10.0 Å². The third-order valence-corrected chi connectivity index (χ3v) is 5.19. The van der Waals surface area contributed by atoms with E-state index in [1.807, 2.05) is 30.3 Å². The van der Waals surface area contributed by atoms with E-state index in [2.05, 4.69) is 12.2 Å². The van der Waals surface area contributed by atoms with Crippen molar-refractivity contribution in [2.75, 3.05) is 17.1 Å². The molecule has 0 bridgehead atoms. The molecule has 26 heavy (non-hydrogen) atoms. The number of carbonyl (C=O) groups is 1. The SMILES string of the molecule is CCCCCNC(=O)c1ccc(N(Cc2ccccc2)S(C)(=O)=O)cc1. The van der Waals surface area contributed by atoms with Crippen LogP contribution in [0.1, 0.15) is 42.1 Å². The van der Waals surface area contributed by atoms with Crippen molar-refractivity contribution in [1.29, 1.82) is 0 Å².